The fraction of sp³-hybridized carbons (Fsp3) is 0.484. The van der Waals surface area contributed by atoms with Crippen LogP contribution in [-0.4, -0.2) is 48.0 Å². The van der Waals surface area contributed by atoms with Gasteiger partial charge in [-0.1, -0.05) is 46.8 Å². The highest BCUT2D eigenvalue weighted by Crippen LogP contribution is 2.42. The van der Waals surface area contributed by atoms with Crippen molar-refractivity contribution < 1.29 is 23.8 Å². The SMILES string of the molecule is CCC(CC)(c1ccc(OCC(O)C(C)(C)C)c(C)c1)c1cc2cc(C(=O)N(C)CC(C)=O)ccc2o1. The van der Waals surface area contributed by atoms with Gasteiger partial charge in [-0.25, -0.2) is 0 Å². The second-order valence-corrected chi connectivity index (χ2v) is 11.2. The highest BCUT2D eigenvalue weighted by molar-refractivity contribution is 5.99. The molecule has 0 saturated carbocycles. The quantitative estimate of drug-likeness (QED) is 0.349. The van der Waals surface area contributed by atoms with Crippen molar-refractivity contribution in [3.63, 3.8) is 0 Å². The monoisotopic (exact) mass is 507 g/mol. The third-order valence-corrected chi connectivity index (χ3v) is 7.37. The maximum Gasteiger partial charge on any atom is 0.254 e. The van der Waals surface area contributed by atoms with Crippen LogP contribution in [0.1, 0.15) is 81.6 Å². The second-order valence-electron chi connectivity index (χ2n) is 11.2. The molecule has 1 N–H and O–H groups in total. The van der Waals surface area contributed by atoms with Gasteiger partial charge in [0.15, 0.2) is 0 Å². The minimum atomic E-state index is -0.563. The molecule has 0 aliphatic carbocycles. The number of nitrogens with zero attached hydrogens (tertiary/aromatic N) is 1. The van der Waals surface area contributed by atoms with Gasteiger partial charge in [0, 0.05) is 18.0 Å². The standard InChI is InChI=1S/C31H41NO5/c1-9-31(10-2,24-12-14-25(20(3)15-24)36-19-27(34)30(5,6)7)28-17-23-16-22(11-13-26(23)37-28)29(35)32(8)18-21(4)33/h11-17,27,34H,9-10,18-19H2,1-8H3. The van der Waals surface area contributed by atoms with Crippen molar-refractivity contribution in [3.8, 4) is 5.75 Å². The number of rotatable bonds is 10. The van der Waals surface area contributed by atoms with Crippen LogP contribution in [0.3, 0.4) is 0 Å². The molecule has 37 heavy (non-hydrogen) atoms. The predicted octanol–water partition coefficient (Wildman–Crippen LogP) is 6.29. The summed E-state index contributed by atoms with van der Waals surface area (Å²) >= 11 is 0. The molecule has 0 spiro atoms. The van der Waals surface area contributed by atoms with Gasteiger partial charge in [0.1, 0.15) is 29.5 Å². The Bertz CT molecular complexity index is 1260. The molecule has 1 heterocycles. The summed E-state index contributed by atoms with van der Waals surface area (Å²) in [7, 11) is 1.63. The van der Waals surface area contributed by atoms with Crippen molar-refractivity contribution >= 4 is 22.7 Å². The van der Waals surface area contributed by atoms with Gasteiger partial charge in [0.05, 0.1) is 18.1 Å². The van der Waals surface area contributed by atoms with Crippen LogP contribution in [0.15, 0.2) is 46.9 Å². The average Bonchev–Trinajstić information content (AvgIpc) is 3.26. The molecule has 6 nitrogen and oxygen atoms in total. The predicted molar refractivity (Wildman–Crippen MR) is 147 cm³/mol. The van der Waals surface area contributed by atoms with Crippen molar-refractivity contribution in [1.29, 1.82) is 0 Å². The molecule has 0 radical (unpaired) electrons. The lowest BCUT2D eigenvalue weighted by Gasteiger charge is -2.31. The molecule has 1 unspecified atom stereocenters. The first-order chi connectivity index (χ1) is 17.3. The van der Waals surface area contributed by atoms with Gasteiger partial charge in [0.25, 0.3) is 5.91 Å². The Kier molecular flexibility index (Phi) is 8.53. The Morgan fingerprint density at radius 3 is 2.30 bits per heavy atom. The van der Waals surface area contributed by atoms with Crippen molar-refractivity contribution in [2.24, 2.45) is 5.41 Å². The van der Waals surface area contributed by atoms with Gasteiger partial charge in [-0.2, -0.15) is 0 Å². The summed E-state index contributed by atoms with van der Waals surface area (Å²) in [4.78, 5) is 25.7. The zero-order chi connectivity index (χ0) is 27.5. The van der Waals surface area contributed by atoms with Crippen molar-refractivity contribution in [2.75, 3.05) is 20.2 Å². The van der Waals surface area contributed by atoms with Crippen LogP contribution < -0.4 is 4.74 Å². The largest absolute Gasteiger partial charge is 0.491 e. The van der Waals surface area contributed by atoms with Crippen molar-refractivity contribution in [3.05, 3.63) is 64.9 Å². The Labute approximate surface area is 220 Å². The molecule has 6 heteroatoms. The molecule has 0 aliphatic rings. The number of fused-ring (bicyclic) bond motifs is 1. The van der Waals surface area contributed by atoms with E-state index < -0.39 is 6.10 Å². The molecular weight excluding hydrogens is 466 g/mol. The molecule has 1 atom stereocenters. The third kappa shape index (κ3) is 6.07. The minimum Gasteiger partial charge on any atom is -0.491 e. The van der Waals surface area contributed by atoms with Gasteiger partial charge >= 0.3 is 0 Å². The topological polar surface area (TPSA) is 80.0 Å². The Morgan fingerprint density at radius 1 is 1.05 bits per heavy atom. The number of carbonyl (C=O) groups is 2. The van der Waals surface area contributed by atoms with Crippen LogP contribution in [-0.2, 0) is 10.2 Å². The van der Waals surface area contributed by atoms with Crippen LogP contribution in [0.5, 0.6) is 5.75 Å². The van der Waals surface area contributed by atoms with Crippen molar-refractivity contribution in [2.45, 2.75) is 72.8 Å². The normalized spacial score (nSPS) is 13.0. The smallest absolute Gasteiger partial charge is 0.254 e. The van der Waals surface area contributed by atoms with Gasteiger partial charge in [0.2, 0.25) is 0 Å². The third-order valence-electron chi connectivity index (χ3n) is 7.37. The van der Waals surface area contributed by atoms with E-state index in [0.29, 0.717) is 5.56 Å². The van der Waals surface area contributed by atoms with E-state index in [1.165, 1.54) is 11.8 Å². The molecule has 3 aromatic rings. The minimum absolute atomic E-state index is 0.0599. The van der Waals surface area contributed by atoms with Gasteiger partial charge in [-0.05, 0) is 73.6 Å². The first-order valence-corrected chi connectivity index (χ1v) is 13.0. The number of hydrogen-bond donors (Lipinski definition) is 1. The molecule has 0 bridgehead atoms. The summed E-state index contributed by atoms with van der Waals surface area (Å²) in [5.74, 6) is 1.36. The molecular formula is C31H41NO5. The number of benzene rings is 2. The van der Waals surface area contributed by atoms with E-state index in [2.05, 4.69) is 26.0 Å². The average molecular weight is 508 g/mol. The Balaban J connectivity index is 1.93. The van der Waals surface area contributed by atoms with Crippen LogP contribution in [0.4, 0.5) is 0 Å². The lowest BCUT2D eigenvalue weighted by Crippen LogP contribution is -2.32. The zero-order valence-electron chi connectivity index (χ0n) is 23.5. The van der Waals surface area contributed by atoms with Crippen molar-refractivity contribution in [1.82, 2.24) is 4.90 Å². The number of aliphatic hydroxyl groups excluding tert-OH is 1. The lowest BCUT2D eigenvalue weighted by molar-refractivity contribution is -0.117. The molecule has 1 amide bonds. The van der Waals surface area contributed by atoms with E-state index in [-0.39, 0.29) is 35.7 Å². The second kappa shape index (κ2) is 11.1. The van der Waals surface area contributed by atoms with E-state index in [1.54, 1.807) is 13.1 Å². The van der Waals surface area contributed by atoms with Gasteiger partial charge in [-0.3, -0.25) is 9.59 Å². The first kappa shape index (κ1) is 28.5. The summed E-state index contributed by atoms with van der Waals surface area (Å²) in [6, 6.07) is 13.6. The van der Waals surface area contributed by atoms with Crippen LogP contribution in [0.25, 0.3) is 11.0 Å². The Hall–Kier alpha value is -3.12. The fourth-order valence-corrected chi connectivity index (χ4v) is 4.72. The lowest BCUT2D eigenvalue weighted by atomic mass is 9.73. The molecule has 2 aromatic carbocycles. The summed E-state index contributed by atoms with van der Waals surface area (Å²) in [5.41, 5.74) is 2.79. The van der Waals surface area contributed by atoms with Gasteiger partial charge in [-0.15, -0.1) is 0 Å². The van der Waals surface area contributed by atoms with E-state index in [0.717, 1.165) is 46.4 Å². The molecule has 200 valence electrons. The number of furan rings is 1. The number of likely N-dealkylation sites (N-methyl/N-ethyl adjacent to an activating group) is 1. The number of carbonyl (C=O) groups excluding carboxylic acids is 2. The van der Waals surface area contributed by atoms with E-state index >= 15 is 0 Å². The number of aliphatic hydroxyl groups is 1. The molecule has 3 rings (SSSR count). The van der Waals surface area contributed by atoms with E-state index in [4.69, 9.17) is 9.15 Å². The van der Waals surface area contributed by atoms with Gasteiger partial charge < -0.3 is 19.2 Å². The summed E-state index contributed by atoms with van der Waals surface area (Å²) < 4.78 is 12.3. The van der Waals surface area contributed by atoms with Crippen LogP contribution >= 0.6 is 0 Å². The fourth-order valence-electron chi connectivity index (χ4n) is 4.72. The maximum atomic E-state index is 12.8. The number of aryl methyl sites for hydroxylation is 1. The highest BCUT2D eigenvalue weighted by atomic mass is 16.5. The summed E-state index contributed by atoms with van der Waals surface area (Å²) in [6.45, 7) is 14.1. The molecule has 1 aromatic heterocycles. The zero-order valence-corrected chi connectivity index (χ0v) is 23.5. The van der Waals surface area contributed by atoms with E-state index in [1.807, 2.05) is 52.0 Å². The maximum absolute atomic E-state index is 12.8. The summed E-state index contributed by atoms with van der Waals surface area (Å²) in [5, 5.41) is 11.2. The van der Waals surface area contributed by atoms with Crippen LogP contribution in [0.2, 0.25) is 0 Å². The highest BCUT2D eigenvalue weighted by Gasteiger charge is 2.35. The molecule has 0 aliphatic heterocycles. The molecule has 0 fully saturated rings. The van der Waals surface area contributed by atoms with Crippen LogP contribution in [0, 0.1) is 12.3 Å². The number of hydrogen-bond acceptors (Lipinski definition) is 5. The first-order valence-electron chi connectivity index (χ1n) is 13.0. The number of Topliss-reactive ketones (excluding diaryl/α,β-unsaturated/α-hetero) is 1. The Morgan fingerprint density at radius 2 is 1.73 bits per heavy atom. The summed E-state index contributed by atoms with van der Waals surface area (Å²) in [6.07, 6.45) is 1.10. The number of ether oxygens (including phenoxy) is 1. The number of amides is 1. The number of ketones is 1. The molecule has 0 saturated heterocycles. The van der Waals surface area contributed by atoms with E-state index in [9.17, 15) is 14.7 Å².